The van der Waals surface area contributed by atoms with Crippen LogP contribution in [0.1, 0.15) is 28.4 Å². The number of halogens is 1. The molecule has 0 radical (unpaired) electrons. The maximum atomic E-state index is 13.6. The zero-order chi connectivity index (χ0) is 14.7. The first-order valence-electron chi connectivity index (χ1n) is 6.40. The Hall–Kier alpha value is -2.23. The first-order chi connectivity index (χ1) is 9.49. The van der Waals surface area contributed by atoms with Gasteiger partial charge < -0.3 is 4.90 Å². The summed E-state index contributed by atoms with van der Waals surface area (Å²) in [6.07, 6.45) is 3.45. The van der Waals surface area contributed by atoms with E-state index in [1.54, 1.807) is 25.4 Å². The van der Waals surface area contributed by atoms with Gasteiger partial charge in [-0.15, -0.1) is 0 Å². The highest BCUT2D eigenvalue weighted by Crippen LogP contribution is 2.25. The molecule has 1 heterocycles. The highest BCUT2D eigenvalue weighted by molar-refractivity contribution is 5.99. The van der Waals surface area contributed by atoms with Crippen molar-refractivity contribution < 1.29 is 9.18 Å². The molecule has 0 N–H and O–H groups in total. The number of aromatic nitrogens is 1. The molecule has 0 unspecified atom stereocenters. The summed E-state index contributed by atoms with van der Waals surface area (Å²) in [4.78, 5) is 17.6. The van der Waals surface area contributed by atoms with Crippen molar-refractivity contribution in [1.82, 2.24) is 4.98 Å². The summed E-state index contributed by atoms with van der Waals surface area (Å²) in [5.41, 5.74) is 2.77. The molecule has 0 aliphatic carbocycles. The van der Waals surface area contributed by atoms with Gasteiger partial charge in [-0.25, -0.2) is 4.39 Å². The van der Waals surface area contributed by atoms with Crippen molar-refractivity contribution in [2.45, 2.75) is 20.4 Å². The Morgan fingerprint density at radius 1 is 1.30 bits per heavy atom. The Kier molecular flexibility index (Phi) is 4.13. The molecule has 0 saturated carbocycles. The van der Waals surface area contributed by atoms with Crippen LogP contribution in [0, 0.1) is 12.7 Å². The second kappa shape index (κ2) is 5.82. The first kappa shape index (κ1) is 14.2. The molecule has 3 nitrogen and oxygen atoms in total. The second-order valence-corrected chi connectivity index (χ2v) is 4.89. The number of benzene rings is 1. The highest BCUT2D eigenvalue weighted by Gasteiger charge is 2.14. The van der Waals surface area contributed by atoms with Gasteiger partial charge >= 0.3 is 0 Å². The number of ketones is 1. The highest BCUT2D eigenvalue weighted by atomic mass is 19.1. The SMILES string of the molecule is CC(=O)c1cc(F)c(C)cc1N(C)Cc1ccncc1. The van der Waals surface area contributed by atoms with Gasteiger partial charge in [0.05, 0.1) is 0 Å². The van der Waals surface area contributed by atoms with Crippen molar-refractivity contribution in [2.75, 3.05) is 11.9 Å². The van der Waals surface area contributed by atoms with Crippen molar-refractivity contribution in [2.24, 2.45) is 0 Å². The fourth-order valence-corrected chi connectivity index (χ4v) is 2.11. The lowest BCUT2D eigenvalue weighted by atomic mass is 10.0. The van der Waals surface area contributed by atoms with Gasteiger partial charge in [0, 0.05) is 37.2 Å². The van der Waals surface area contributed by atoms with Crippen LogP contribution < -0.4 is 4.90 Å². The fraction of sp³-hybridized carbons (Fsp3) is 0.250. The van der Waals surface area contributed by atoms with Crippen LogP contribution in [0.25, 0.3) is 0 Å². The topological polar surface area (TPSA) is 33.2 Å². The Morgan fingerprint density at radius 2 is 1.95 bits per heavy atom. The number of hydrogen-bond donors (Lipinski definition) is 0. The molecule has 0 fully saturated rings. The van der Waals surface area contributed by atoms with Crippen LogP contribution in [0.15, 0.2) is 36.7 Å². The van der Waals surface area contributed by atoms with Crippen LogP contribution in [0.2, 0.25) is 0 Å². The number of anilines is 1. The van der Waals surface area contributed by atoms with Crippen LogP contribution in [-0.2, 0) is 6.54 Å². The van der Waals surface area contributed by atoms with Gasteiger partial charge in [0.1, 0.15) is 5.82 Å². The van der Waals surface area contributed by atoms with E-state index >= 15 is 0 Å². The molecular formula is C16H17FN2O. The van der Waals surface area contributed by atoms with Crippen molar-refractivity contribution in [3.05, 3.63) is 59.2 Å². The molecule has 1 aromatic carbocycles. The monoisotopic (exact) mass is 272 g/mol. The van der Waals surface area contributed by atoms with Crippen molar-refractivity contribution >= 4 is 11.5 Å². The number of carbonyl (C=O) groups excluding carboxylic acids is 1. The van der Waals surface area contributed by atoms with E-state index in [0.29, 0.717) is 17.7 Å². The largest absolute Gasteiger partial charge is 0.370 e. The van der Waals surface area contributed by atoms with Crippen LogP contribution in [-0.4, -0.2) is 17.8 Å². The Morgan fingerprint density at radius 3 is 2.55 bits per heavy atom. The molecule has 1 aromatic heterocycles. The molecule has 2 rings (SSSR count). The summed E-state index contributed by atoms with van der Waals surface area (Å²) >= 11 is 0. The van der Waals surface area contributed by atoms with E-state index in [1.165, 1.54) is 13.0 Å². The van der Waals surface area contributed by atoms with Gasteiger partial charge in [-0.2, -0.15) is 0 Å². The van der Waals surface area contributed by atoms with Gasteiger partial charge in [-0.05, 0) is 49.2 Å². The number of carbonyl (C=O) groups is 1. The molecule has 0 bridgehead atoms. The third-order valence-electron chi connectivity index (χ3n) is 3.24. The Bertz CT molecular complexity index is 626. The second-order valence-electron chi connectivity index (χ2n) is 4.89. The van der Waals surface area contributed by atoms with Crippen LogP contribution in [0.3, 0.4) is 0 Å². The average molecular weight is 272 g/mol. The molecule has 0 aliphatic heterocycles. The lowest BCUT2D eigenvalue weighted by molar-refractivity contribution is 0.101. The summed E-state index contributed by atoms with van der Waals surface area (Å²) in [6.45, 7) is 3.78. The molecule has 0 amide bonds. The van der Waals surface area contributed by atoms with E-state index in [1.807, 2.05) is 24.1 Å². The molecule has 0 saturated heterocycles. The minimum atomic E-state index is -0.351. The van der Waals surface area contributed by atoms with E-state index in [4.69, 9.17) is 0 Å². The quantitative estimate of drug-likeness (QED) is 0.800. The van der Waals surface area contributed by atoms with Crippen molar-refractivity contribution in [3.8, 4) is 0 Å². The van der Waals surface area contributed by atoms with E-state index in [9.17, 15) is 9.18 Å². The Balaban J connectivity index is 2.36. The molecule has 20 heavy (non-hydrogen) atoms. The van der Waals surface area contributed by atoms with Gasteiger partial charge in [0.15, 0.2) is 5.78 Å². The van der Waals surface area contributed by atoms with Gasteiger partial charge in [-0.1, -0.05) is 0 Å². The van der Waals surface area contributed by atoms with E-state index in [-0.39, 0.29) is 11.6 Å². The van der Waals surface area contributed by atoms with Crippen LogP contribution in [0.5, 0.6) is 0 Å². The number of nitrogens with zero attached hydrogens (tertiary/aromatic N) is 2. The maximum Gasteiger partial charge on any atom is 0.161 e. The van der Waals surface area contributed by atoms with E-state index in [0.717, 1.165) is 11.3 Å². The van der Waals surface area contributed by atoms with Gasteiger partial charge in [0.25, 0.3) is 0 Å². The average Bonchev–Trinajstić information content (AvgIpc) is 2.42. The van der Waals surface area contributed by atoms with Crippen LogP contribution in [0.4, 0.5) is 10.1 Å². The number of hydrogen-bond acceptors (Lipinski definition) is 3. The molecule has 0 aliphatic rings. The van der Waals surface area contributed by atoms with Crippen molar-refractivity contribution in [3.63, 3.8) is 0 Å². The predicted molar refractivity (Wildman–Crippen MR) is 77.5 cm³/mol. The molecule has 104 valence electrons. The molecule has 0 spiro atoms. The summed E-state index contributed by atoms with van der Waals surface area (Å²) in [5.74, 6) is -0.489. The zero-order valence-corrected chi connectivity index (χ0v) is 11.9. The summed E-state index contributed by atoms with van der Waals surface area (Å²) in [6, 6.07) is 6.87. The number of Topliss-reactive ketones (excluding diaryl/α,β-unsaturated/α-hetero) is 1. The first-order valence-corrected chi connectivity index (χ1v) is 6.40. The normalized spacial score (nSPS) is 10.4. The lowest BCUT2D eigenvalue weighted by Gasteiger charge is -2.22. The predicted octanol–water partition coefficient (Wildman–Crippen LogP) is 3.37. The number of aryl methyl sites for hydroxylation is 1. The standard InChI is InChI=1S/C16H17FN2O/c1-11-8-16(14(12(2)20)9-15(11)17)19(3)10-13-4-6-18-7-5-13/h4-9H,10H2,1-3H3. The molecule has 2 aromatic rings. The number of rotatable bonds is 4. The third kappa shape index (κ3) is 3.02. The van der Waals surface area contributed by atoms with Gasteiger partial charge in [0.2, 0.25) is 0 Å². The van der Waals surface area contributed by atoms with E-state index < -0.39 is 0 Å². The molecule has 0 atom stereocenters. The maximum absolute atomic E-state index is 13.6. The van der Waals surface area contributed by atoms with Gasteiger partial charge in [-0.3, -0.25) is 9.78 Å². The summed E-state index contributed by atoms with van der Waals surface area (Å²) < 4.78 is 13.6. The fourth-order valence-electron chi connectivity index (χ4n) is 2.11. The molecular weight excluding hydrogens is 255 g/mol. The Labute approximate surface area is 118 Å². The summed E-state index contributed by atoms with van der Waals surface area (Å²) in [7, 11) is 1.89. The lowest BCUT2D eigenvalue weighted by Crippen LogP contribution is -2.19. The third-order valence-corrected chi connectivity index (χ3v) is 3.24. The minimum absolute atomic E-state index is 0.138. The molecule has 4 heteroatoms. The van der Waals surface area contributed by atoms with E-state index in [2.05, 4.69) is 4.98 Å². The van der Waals surface area contributed by atoms with Crippen molar-refractivity contribution in [1.29, 1.82) is 0 Å². The van der Waals surface area contributed by atoms with Crippen LogP contribution >= 0.6 is 0 Å². The zero-order valence-electron chi connectivity index (χ0n) is 11.9. The minimum Gasteiger partial charge on any atom is -0.370 e. The number of pyridine rings is 1. The smallest absolute Gasteiger partial charge is 0.161 e. The summed E-state index contributed by atoms with van der Waals surface area (Å²) in [5, 5.41) is 0.